The van der Waals surface area contributed by atoms with E-state index in [0.717, 1.165) is 38.5 Å². The van der Waals surface area contributed by atoms with Gasteiger partial charge in [-0.2, -0.15) is 0 Å². The van der Waals surface area contributed by atoms with Crippen LogP contribution in [0.2, 0.25) is 0 Å². The number of ether oxygens (including phenoxy) is 2. The highest BCUT2D eigenvalue weighted by Gasteiger charge is 2.68. The average molecular weight is 404 g/mol. The largest absolute Gasteiger partial charge is 0.381 e. The molecular formula is C22H33N3O4. The fourth-order valence-corrected chi connectivity index (χ4v) is 8.38. The van der Waals surface area contributed by atoms with E-state index in [2.05, 4.69) is 16.0 Å². The van der Waals surface area contributed by atoms with Crippen molar-refractivity contribution in [1.29, 1.82) is 0 Å². The van der Waals surface area contributed by atoms with E-state index in [1.54, 1.807) is 14.2 Å². The van der Waals surface area contributed by atoms with E-state index < -0.39 is 0 Å². The Bertz CT molecular complexity index is 658. The molecule has 3 heterocycles. The van der Waals surface area contributed by atoms with Gasteiger partial charge in [-0.1, -0.05) is 0 Å². The fraction of sp³-hybridized carbons (Fsp3) is 0.909. The monoisotopic (exact) mass is 403 g/mol. The van der Waals surface area contributed by atoms with Crippen molar-refractivity contribution in [3.8, 4) is 0 Å². The second kappa shape index (κ2) is 6.74. The van der Waals surface area contributed by atoms with Crippen LogP contribution in [0.3, 0.4) is 0 Å². The summed E-state index contributed by atoms with van der Waals surface area (Å²) in [6.45, 7) is 0. The highest BCUT2D eigenvalue weighted by Crippen LogP contribution is 2.57. The average Bonchev–Trinajstić information content (AvgIpc) is 3.37. The van der Waals surface area contributed by atoms with Gasteiger partial charge < -0.3 is 20.1 Å². The molecular weight excluding hydrogens is 370 g/mol. The van der Waals surface area contributed by atoms with Crippen molar-refractivity contribution < 1.29 is 19.1 Å². The summed E-state index contributed by atoms with van der Waals surface area (Å²) < 4.78 is 11.4. The van der Waals surface area contributed by atoms with Gasteiger partial charge in [0.05, 0.1) is 24.0 Å². The molecule has 0 aromatic rings. The van der Waals surface area contributed by atoms with Crippen molar-refractivity contribution >= 4 is 11.8 Å². The first-order valence-corrected chi connectivity index (χ1v) is 11.5. The molecule has 6 rings (SSSR count). The van der Waals surface area contributed by atoms with E-state index in [-0.39, 0.29) is 59.8 Å². The minimum Gasteiger partial charge on any atom is -0.381 e. The molecule has 0 radical (unpaired) electrons. The van der Waals surface area contributed by atoms with Crippen molar-refractivity contribution in [2.45, 2.75) is 74.9 Å². The van der Waals surface area contributed by atoms with E-state index in [9.17, 15) is 9.59 Å². The van der Waals surface area contributed by atoms with Gasteiger partial charge >= 0.3 is 0 Å². The molecule has 6 fully saturated rings. The van der Waals surface area contributed by atoms with Crippen molar-refractivity contribution in [3.63, 3.8) is 0 Å². The molecule has 0 aromatic heterocycles. The molecule has 6 aliphatic rings. The normalized spacial score (nSPS) is 55.5. The predicted molar refractivity (Wildman–Crippen MR) is 105 cm³/mol. The number of hydrogen-bond acceptors (Lipinski definition) is 6. The first-order valence-electron chi connectivity index (χ1n) is 11.5. The van der Waals surface area contributed by atoms with Gasteiger partial charge in [-0.15, -0.1) is 0 Å². The van der Waals surface area contributed by atoms with Crippen molar-refractivity contribution in [2.75, 3.05) is 14.2 Å². The summed E-state index contributed by atoms with van der Waals surface area (Å²) in [5.41, 5.74) is 0. The predicted octanol–water partition coefficient (Wildman–Crippen LogP) is 0.432. The zero-order valence-electron chi connectivity index (χ0n) is 17.3. The molecule has 12 atom stereocenters. The number of methoxy groups -OCH3 is 2. The Kier molecular flexibility index (Phi) is 4.35. The van der Waals surface area contributed by atoms with Crippen LogP contribution in [0.1, 0.15) is 38.5 Å². The number of nitrogens with one attached hydrogen (secondary N) is 3. The van der Waals surface area contributed by atoms with Crippen LogP contribution in [0.4, 0.5) is 0 Å². The lowest BCUT2D eigenvalue weighted by Gasteiger charge is -2.46. The Morgan fingerprint density at radius 1 is 0.724 bits per heavy atom. The molecule has 3 saturated carbocycles. The number of imide groups is 1. The minimum atomic E-state index is -0.185. The maximum Gasteiger partial charge on any atom is 0.230 e. The first-order chi connectivity index (χ1) is 14.1. The van der Waals surface area contributed by atoms with Crippen LogP contribution in [-0.2, 0) is 19.1 Å². The zero-order chi connectivity index (χ0) is 19.9. The smallest absolute Gasteiger partial charge is 0.230 e. The summed E-state index contributed by atoms with van der Waals surface area (Å²) in [6, 6.07) is 1.43. The first kappa shape index (κ1) is 18.7. The van der Waals surface area contributed by atoms with Crippen LogP contribution in [0.5, 0.6) is 0 Å². The third-order valence-corrected chi connectivity index (χ3v) is 9.46. The van der Waals surface area contributed by atoms with E-state index >= 15 is 0 Å². The number of fused-ring (bicyclic) bond motifs is 10. The van der Waals surface area contributed by atoms with Crippen LogP contribution in [0.25, 0.3) is 0 Å². The van der Waals surface area contributed by atoms with Gasteiger partial charge in [0.15, 0.2) is 0 Å². The van der Waals surface area contributed by atoms with Gasteiger partial charge in [-0.3, -0.25) is 14.9 Å². The highest BCUT2D eigenvalue weighted by molar-refractivity contribution is 6.05. The number of carbonyl (C=O) groups excluding carboxylic acids is 2. The summed E-state index contributed by atoms with van der Waals surface area (Å²) in [5, 5.41) is 10.6. The Labute approximate surface area is 172 Å². The maximum atomic E-state index is 13.0. The van der Waals surface area contributed by atoms with Gasteiger partial charge in [0, 0.05) is 38.4 Å². The van der Waals surface area contributed by atoms with E-state index in [1.165, 1.54) is 0 Å². The van der Waals surface area contributed by atoms with Crippen LogP contribution in [-0.4, -0.2) is 62.4 Å². The summed E-state index contributed by atoms with van der Waals surface area (Å²) in [6.07, 6.45) is 6.88. The summed E-state index contributed by atoms with van der Waals surface area (Å²) >= 11 is 0. The third-order valence-electron chi connectivity index (χ3n) is 9.46. The van der Waals surface area contributed by atoms with E-state index in [1.807, 2.05) is 0 Å². The number of amides is 2. The van der Waals surface area contributed by atoms with Crippen molar-refractivity contribution in [1.82, 2.24) is 16.0 Å². The van der Waals surface area contributed by atoms with Gasteiger partial charge in [0.2, 0.25) is 11.8 Å². The Morgan fingerprint density at radius 3 is 1.59 bits per heavy atom. The Balaban J connectivity index is 1.38. The molecule has 3 saturated heterocycles. The molecule has 0 aromatic carbocycles. The molecule has 3 aliphatic heterocycles. The van der Waals surface area contributed by atoms with Gasteiger partial charge in [0.25, 0.3) is 0 Å². The molecule has 2 amide bonds. The molecule has 29 heavy (non-hydrogen) atoms. The lowest BCUT2D eigenvalue weighted by Crippen LogP contribution is -2.58. The SMILES string of the molecule is COC1CCC2NC3C4NC5CCC(OC)CC5C4C4C(=O)NC(=O)C4C3C2C1. The summed E-state index contributed by atoms with van der Waals surface area (Å²) in [4.78, 5) is 26.0. The maximum absolute atomic E-state index is 13.0. The third kappa shape index (κ3) is 2.57. The Hall–Kier alpha value is -1.02. The van der Waals surface area contributed by atoms with Gasteiger partial charge in [-0.25, -0.2) is 0 Å². The second-order valence-electron chi connectivity index (χ2n) is 10.3. The van der Waals surface area contributed by atoms with E-state index in [4.69, 9.17) is 9.47 Å². The quantitative estimate of drug-likeness (QED) is 0.580. The lowest BCUT2D eigenvalue weighted by atomic mass is 9.57. The topological polar surface area (TPSA) is 88.7 Å². The minimum absolute atomic E-state index is 0.0296. The molecule has 160 valence electrons. The van der Waals surface area contributed by atoms with Crippen LogP contribution in [0, 0.1) is 35.5 Å². The molecule has 3 aliphatic carbocycles. The molecule has 12 unspecified atom stereocenters. The lowest BCUT2D eigenvalue weighted by molar-refractivity contribution is -0.129. The number of rotatable bonds is 2. The molecule has 0 bridgehead atoms. The molecule has 7 heteroatoms. The summed E-state index contributed by atoms with van der Waals surface area (Å²) in [7, 11) is 3.59. The zero-order valence-corrected chi connectivity index (χ0v) is 17.3. The highest BCUT2D eigenvalue weighted by atomic mass is 16.5. The van der Waals surface area contributed by atoms with Gasteiger partial charge in [-0.05, 0) is 62.2 Å². The van der Waals surface area contributed by atoms with Crippen LogP contribution < -0.4 is 16.0 Å². The molecule has 0 spiro atoms. The number of hydrogen-bond donors (Lipinski definition) is 3. The van der Waals surface area contributed by atoms with Gasteiger partial charge in [0.1, 0.15) is 0 Å². The standard InChI is InChI=1S/C22H33N3O4/c1-28-9-3-5-13-11(7-9)15-17-18(22(27)25-21(17)26)16-12-8-10(29-2)4-6-14(12)24-20(16)19(15)23-13/h9-20,23-24H,3-8H2,1-2H3,(H,25,26,27). The van der Waals surface area contributed by atoms with Crippen LogP contribution in [0.15, 0.2) is 0 Å². The fourth-order valence-electron chi connectivity index (χ4n) is 8.38. The van der Waals surface area contributed by atoms with Crippen molar-refractivity contribution in [3.05, 3.63) is 0 Å². The summed E-state index contributed by atoms with van der Waals surface area (Å²) in [5.74, 6) is 0.851. The van der Waals surface area contributed by atoms with E-state index in [0.29, 0.717) is 23.9 Å². The van der Waals surface area contributed by atoms with Crippen LogP contribution >= 0.6 is 0 Å². The van der Waals surface area contributed by atoms with Crippen molar-refractivity contribution in [2.24, 2.45) is 35.5 Å². The number of carbonyl (C=O) groups is 2. The molecule has 3 N–H and O–H groups in total. The molecule has 7 nitrogen and oxygen atoms in total. The Morgan fingerprint density at radius 2 is 1.17 bits per heavy atom. The second-order valence-corrected chi connectivity index (χ2v) is 10.3.